The first-order valence-corrected chi connectivity index (χ1v) is 7.42. The van der Waals surface area contributed by atoms with Gasteiger partial charge in [0.2, 0.25) is 0 Å². The number of allylic oxidation sites excluding steroid dienone is 2. The number of rotatable bonds is 9. The number of nitrogens with zero attached hydrogens (tertiary/aromatic N) is 1. The SMILES string of the molecule is C=C/C=C/C(CC(=O)c1cccc([N+](=O)[O-])c1)SCCO. The average Bonchev–Trinajstić information content (AvgIpc) is 2.49. The summed E-state index contributed by atoms with van der Waals surface area (Å²) >= 11 is 1.46. The molecule has 0 saturated carbocycles. The van der Waals surface area contributed by atoms with E-state index in [9.17, 15) is 14.9 Å². The van der Waals surface area contributed by atoms with Crippen LogP contribution < -0.4 is 0 Å². The van der Waals surface area contributed by atoms with Gasteiger partial charge in [-0.05, 0) is 0 Å². The summed E-state index contributed by atoms with van der Waals surface area (Å²) < 4.78 is 0. The topological polar surface area (TPSA) is 80.4 Å². The van der Waals surface area contributed by atoms with Gasteiger partial charge in [0.05, 0.1) is 11.5 Å². The Morgan fingerprint density at radius 3 is 2.90 bits per heavy atom. The van der Waals surface area contributed by atoms with Gasteiger partial charge >= 0.3 is 0 Å². The molecule has 0 bridgehead atoms. The zero-order chi connectivity index (χ0) is 15.7. The number of aliphatic hydroxyl groups is 1. The number of carbonyl (C=O) groups excluding carboxylic acids is 1. The summed E-state index contributed by atoms with van der Waals surface area (Å²) in [4.78, 5) is 22.4. The lowest BCUT2D eigenvalue weighted by Gasteiger charge is -2.11. The minimum Gasteiger partial charge on any atom is -0.396 e. The Labute approximate surface area is 127 Å². The molecular formula is C15H17NO4S. The summed E-state index contributed by atoms with van der Waals surface area (Å²) in [7, 11) is 0. The van der Waals surface area contributed by atoms with Crippen LogP contribution in [0.1, 0.15) is 16.8 Å². The van der Waals surface area contributed by atoms with Crippen molar-refractivity contribution in [3.8, 4) is 0 Å². The maximum atomic E-state index is 12.2. The second-order valence-corrected chi connectivity index (χ2v) is 5.54. The molecule has 1 rings (SSSR count). The number of thioether (sulfide) groups is 1. The van der Waals surface area contributed by atoms with Crippen LogP contribution in [0.25, 0.3) is 0 Å². The molecule has 6 heteroatoms. The van der Waals surface area contributed by atoms with Crippen molar-refractivity contribution in [2.45, 2.75) is 11.7 Å². The fourth-order valence-electron chi connectivity index (χ4n) is 1.68. The van der Waals surface area contributed by atoms with Crippen LogP contribution in [0.15, 0.2) is 49.1 Å². The molecule has 1 aromatic carbocycles. The zero-order valence-corrected chi connectivity index (χ0v) is 12.3. The standard InChI is InChI=1S/C15H17NO4S/c1-2-3-7-14(21-9-8-17)11-15(18)12-5-4-6-13(10-12)16(19)20/h2-7,10,14,17H,1,8-9,11H2/b7-3+. The van der Waals surface area contributed by atoms with Crippen molar-refractivity contribution in [3.63, 3.8) is 0 Å². The number of carbonyl (C=O) groups is 1. The van der Waals surface area contributed by atoms with Gasteiger partial charge in [0.1, 0.15) is 0 Å². The molecular weight excluding hydrogens is 290 g/mol. The van der Waals surface area contributed by atoms with Crippen LogP contribution in [0.3, 0.4) is 0 Å². The predicted octanol–water partition coefficient (Wildman–Crippen LogP) is 3.00. The highest BCUT2D eigenvalue weighted by Gasteiger charge is 2.15. The van der Waals surface area contributed by atoms with Gasteiger partial charge in [-0.2, -0.15) is 11.8 Å². The maximum Gasteiger partial charge on any atom is 0.270 e. The van der Waals surface area contributed by atoms with Crippen molar-refractivity contribution in [1.82, 2.24) is 0 Å². The Kier molecular flexibility index (Phi) is 7.42. The van der Waals surface area contributed by atoms with Gasteiger partial charge in [0.25, 0.3) is 5.69 Å². The number of aliphatic hydroxyl groups excluding tert-OH is 1. The second kappa shape index (κ2) is 9.10. The molecule has 5 nitrogen and oxygen atoms in total. The van der Waals surface area contributed by atoms with Crippen molar-refractivity contribution in [2.75, 3.05) is 12.4 Å². The number of non-ortho nitro benzene ring substituents is 1. The molecule has 0 radical (unpaired) electrons. The van der Waals surface area contributed by atoms with E-state index in [1.165, 1.54) is 30.0 Å². The molecule has 0 aromatic heterocycles. The number of hydrogen-bond donors (Lipinski definition) is 1. The lowest BCUT2D eigenvalue weighted by Crippen LogP contribution is -2.10. The molecule has 0 heterocycles. The van der Waals surface area contributed by atoms with E-state index in [2.05, 4.69) is 6.58 Å². The normalized spacial score (nSPS) is 12.2. The van der Waals surface area contributed by atoms with Crippen LogP contribution in [-0.4, -0.2) is 33.4 Å². The monoisotopic (exact) mass is 307 g/mol. The zero-order valence-electron chi connectivity index (χ0n) is 11.5. The lowest BCUT2D eigenvalue weighted by atomic mass is 10.1. The average molecular weight is 307 g/mol. The molecule has 0 spiro atoms. The molecule has 112 valence electrons. The van der Waals surface area contributed by atoms with Crippen molar-refractivity contribution in [2.24, 2.45) is 0 Å². The van der Waals surface area contributed by atoms with Crippen molar-refractivity contribution >= 4 is 23.2 Å². The van der Waals surface area contributed by atoms with E-state index in [1.807, 2.05) is 6.08 Å². The Hall–Kier alpha value is -1.92. The summed E-state index contributed by atoms with van der Waals surface area (Å²) in [6, 6.07) is 5.71. The molecule has 0 amide bonds. The van der Waals surface area contributed by atoms with Gasteiger partial charge in [-0.3, -0.25) is 14.9 Å². The minimum atomic E-state index is -0.521. The van der Waals surface area contributed by atoms with Gasteiger partial charge < -0.3 is 5.11 Å². The first-order chi connectivity index (χ1) is 10.1. The van der Waals surface area contributed by atoms with Crippen molar-refractivity contribution < 1.29 is 14.8 Å². The number of Topliss-reactive ketones (excluding diaryl/α,β-unsaturated/α-hetero) is 1. The molecule has 0 aliphatic rings. The van der Waals surface area contributed by atoms with Crippen LogP contribution in [-0.2, 0) is 0 Å². The molecule has 1 N–H and O–H groups in total. The van der Waals surface area contributed by atoms with Crippen LogP contribution in [0.5, 0.6) is 0 Å². The van der Waals surface area contributed by atoms with Gasteiger partial charge in [-0.25, -0.2) is 0 Å². The smallest absolute Gasteiger partial charge is 0.270 e. The maximum absolute atomic E-state index is 12.2. The van der Waals surface area contributed by atoms with E-state index in [0.717, 1.165) is 0 Å². The highest BCUT2D eigenvalue weighted by Crippen LogP contribution is 2.21. The number of hydrogen-bond acceptors (Lipinski definition) is 5. The Bertz CT molecular complexity index is 542. The van der Waals surface area contributed by atoms with Crippen LogP contribution in [0.4, 0.5) is 5.69 Å². The molecule has 0 aliphatic carbocycles. The summed E-state index contributed by atoms with van der Waals surface area (Å²) in [5, 5.41) is 19.5. The lowest BCUT2D eigenvalue weighted by molar-refractivity contribution is -0.384. The fourth-order valence-corrected chi connectivity index (χ4v) is 2.56. The fraction of sp³-hybridized carbons (Fsp3) is 0.267. The Morgan fingerprint density at radius 1 is 1.52 bits per heavy atom. The Morgan fingerprint density at radius 2 is 2.29 bits per heavy atom. The van der Waals surface area contributed by atoms with Gasteiger partial charge in [0.15, 0.2) is 5.78 Å². The number of nitro benzene ring substituents is 1. The van der Waals surface area contributed by atoms with Gasteiger partial charge in [0, 0.05) is 35.1 Å². The van der Waals surface area contributed by atoms with E-state index in [-0.39, 0.29) is 29.7 Å². The Balaban J connectivity index is 2.80. The molecule has 0 fully saturated rings. The van der Waals surface area contributed by atoms with E-state index in [1.54, 1.807) is 18.2 Å². The summed E-state index contributed by atoms with van der Waals surface area (Å²) in [5.74, 6) is 0.358. The number of nitro groups is 1. The van der Waals surface area contributed by atoms with Gasteiger partial charge in [-0.15, -0.1) is 0 Å². The van der Waals surface area contributed by atoms with Crippen molar-refractivity contribution in [1.29, 1.82) is 0 Å². The molecule has 0 saturated heterocycles. The molecule has 1 unspecified atom stereocenters. The summed E-state index contributed by atoms with van der Waals surface area (Å²) in [6.45, 7) is 3.61. The third kappa shape index (κ3) is 5.93. The van der Waals surface area contributed by atoms with E-state index >= 15 is 0 Å². The molecule has 0 aliphatic heterocycles. The third-order valence-electron chi connectivity index (χ3n) is 2.65. The van der Waals surface area contributed by atoms with Crippen LogP contribution in [0.2, 0.25) is 0 Å². The van der Waals surface area contributed by atoms with Crippen LogP contribution >= 0.6 is 11.8 Å². The van der Waals surface area contributed by atoms with Crippen molar-refractivity contribution in [3.05, 3.63) is 64.8 Å². The number of ketones is 1. The largest absolute Gasteiger partial charge is 0.396 e. The van der Waals surface area contributed by atoms with Gasteiger partial charge in [-0.1, -0.05) is 36.9 Å². The molecule has 1 aromatic rings. The van der Waals surface area contributed by atoms with E-state index in [4.69, 9.17) is 5.11 Å². The minimum absolute atomic E-state index is 0.0358. The first-order valence-electron chi connectivity index (χ1n) is 6.37. The van der Waals surface area contributed by atoms with E-state index in [0.29, 0.717) is 11.3 Å². The second-order valence-electron chi connectivity index (χ2n) is 4.19. The highest BCUT2D eigenvalue weighted by molar-refractivity contribution is 8.00. The summed E-state index contributed by atoms with van der Waals surface area (Å²) in [5.41, 5.74) is 0.229. The highest BCUT2D eigenvalue weighted by atomic mass is 32.2. The van der Waals surface area contributed by atoms with Crippen LogP contribution in [0, 0.1) is 10.1 Å². The number of benzene rings is 1. The first kappa shape index (κ1) is 17.1. The molecule has 1 atom stereocenters. The molecule has 21 heavy (non-hydrogen) atoms. The summed E-state index contributed by atoms with van der Waals surface area (Å²) in [6.07, 6.45) is 5.42. The predicted molar refractivity (Wildman–Crippen MR) is 84.7 cm³/mol. The third-order valence-corrected chi connectivity index (χ3v) is 3.82. The quantitative estimate of drug-likeness (QED) is 0.328. The van der Waals surface area contributed by atoms with E-state index < -0.39 is 4.92 Å².